The fourth-order valence-corrected chi connectivity index (χ4v) is 5.86. The average Bonchev–Trinajstić information content (AvgIpc) is 3.12. The molecule has 0 spiro atoms. The van der Waals surface area contributed by atoms with Gasteiger partial charge in [0, 0.05) is 12.8 Å². The summed E-state index contributed by atoms with van der Waals surface area (Å²) in [4.78, 5) is 24.3. The molecule has 0 aliphatic carbocycles. The van der Waals surface area contributed by atoms with Crippen molar-refractivity contribution in [1.82, 2.24) is 0 Å². The van der Waals surface area contributed by atoms with Gasteiger partial charge in [0.25, 0.3) is 0 Å². The number of unbranched alkanes of at least 4 members (excludes halogenated alkanes) is 22. The minimum absolute atomic E-state index is 0.0868. The van der Waals surface area contributed by atoms with E-state index in [4.69, 9.17) is 9.47 Å². The summed E-state index contributed by atoms with van der Waals surface area (Å²) in [7, 11) is 0. The SMILES string of the molecule is CCCCCCCCC=CCC=CCC=CCCCC(=O)OC(CO)COC(=O)CCCCCCCCCCCC=CCCCCCCCC. The first-order valence-corrected chi connectivity index (χ1v) is 21.2. The summed E-state index contributed by atoms with van der Waals surface area (Å²) in [6, 6.07) is 0. The molecule has 0 aromatic rings. The van der Waals surface area contributed by atoms with E-state index in [9.17, 15) is 14.7 Å². The van der Waals surface area contributed by atoms with E-state index in [-0.39, 0.29) is 31.6 Å². The third kappa shape index (κ3) is 38.7. The average molecular weight is 701 g/mol. The molecule has 0 heterocycles. The van der Waals surface area contributed by atoms with E-state index in [1.165, 1.54) is 135 Å². The van der Waals surface area contributed by atoms with Crippen molar-refractivity contribution in [2.24, 2.45) is 0 Å². The Morgan fingerprint density at radius 1 is 0.460 bits per heavy atom. The van der Waals surface area contributed by atoms with E-state index in [1.807, 2.05) is 0 Å². The Kier molecular flexibility index (Phi) is 39.5. The maximum Gasteiger partial charge on any atom is 0.306 e. The second-order valence-corrected chi connectivity index (χ2v) is 14.1. The van der Waals surface area contributed by atoms with Gasteiger partial charge in [0.05, 0.1) is 6.61 Å². The van der Waals surface area contributed by atoms with Crippen LogP contribution in [0.5, 0.6) is 0 Å². The van der Waals surface area contributed by atoms with Crippen LogP contribution < -0.4 is 0 Å². The monoisotopic (exact) mass is 701 g/mol. The molecule has 50 heavy (non-hydrogen) atoms. The number of ether oxygens (including phenoxy) is 2. The first kappa shape index (κ1) is 47.9. The van der Waals surface area contributed by atoms with Crippen molar-refractivity contribution in [3.05, 3.63) is 48.6 Å². The molecule has 0 saturated carbocycles. The van der Waals surface area contributed by atoms with Gasteiger partial charge in [0.2, 0.25) is 0 Å². The van der Waals surface area contributed by atoms with Crippen LogP contribution in [0.1, 0.15) is 206 Å². The van der Waals surface area contributed by atoms with E-state index in [1.54, 1.807) is 0 Å². The predicted octanol–water partition coefficient (Wildman–Crippen LogP) is 13.4. The molecule has 0 aromatic heterocycles. The zero-order valence-corrected chi connectivity index (χ0v) is 32.9. The summed E-state index contributed by atoms with van der Waals surface area (Å²) in [6.07, 6.45) is 51.8. The van der Waals surface area contributed by atoms with Gasteiger partial charge in [-0.2, -0.15) is 0 Å². The first-order chi connectivity index (χ1) is 24.6. The molecule has 0 aromatic carbocycles. The summed E-state index contributed by atoms with van der Waals surface area (Å²) >= 11 is 0. The van der Waals surface area contributed by atoms with E-state index in [0.29, 0.717) is 12.8 Å². The number of allylic oxidation sites excluding steroid dienone is 8. The molecule has 0 aliphatic heterocycles. The highest BCUT2D eigenvalue weighted by atomic mass is 16.6. The standard InChI is InChI=1S/C45H80O5/c1-3-5-7-9-11-13-15-17-19-21-22-24-25-27-29-31-33-35-37-39-44(47)49-42-43(41-46)50-45(48)40-38-36-34-32-30-28-26-23-20-18-16-14-12-10-8-6-4-2/h17-20,26,28,32,34,43,46H,3-16,21-25,27,29-31,33,35-42H2,1-2H3. The predicted molar refractivity (Wildman–Crippen MR) is 214 cm³/mol. The summed E-state index contributed by atoms with van der Waals surface area (Å²) in [6.45, 7) is 4.09. The van der Waals surface area contributed by atoms with E-state index in [2.05, 4.69) is 62.5 Å². The van der Waals surface area contributed by atoms with Crippen LogP contribution in [-0.4, -0.2) is 36.4 Å². The van der Waals surface area contributed by atoms with Crippen LogP contribution in [0.2, 0.25) is 0 Å². The fourth-order valence-electron chi connectivity index (χ4n) is 5.86. The van der Waals surface area contributed by atoms with Gasteiger partial charge < -0.3 is 14.6 Å². The number of hydrogen-bond acceptors (Lipinski definition) is 5. The number of hydrogen-bond donors (Lipinski definition) is 1. The van der Waals surface area contributed by atoms with Gasteiger partial charge in [0.15, 0.2) is 6.10 Å². The van der Waals surface area contributed by atoms with Gasteiger partial charge in [-0.05, 0) is 70.6 Å². The van der Waals surface area contributed by atoms with Crippen LogP contribution in [-0.2, 0) is 19.1 Å². The fraction of sp³-hybridized carbons (Fsp3) is 0.778. The zero-order valence-electron chi connectivity index (χ0n) is 32.9. The minimum Gasteiger partial charge on any atom is -0.462 e. The Hall–Kier alpha value is -2.14. The van der Waals surface area contributed by atoms with Crippen molar-refractivity contribution in [1.29, 1.82) is 0 Å². The van der Waals surface area contributed by atoms with Gasteiger partial charge in [-0.25, -0.2) is 0 Å². The number of aliphatic hydroxyl groups excluding tert-OH is 1. The third-order valence-corrected chi connectivity index (χ3v) is 9.10. The number of esters is 2. The van der Waals surface area contributed by atoms with Gasteiger partial charge in [-0.15, -0.1) is 0 Å². The van der Waals surface area contributed by atoms with Crippen LogP contribution in [0.25, 0.3) is 0 Å². The van der Waals surface area contributed by atoms with Crippen molar-refractivity contribution < 1.29 is 24.2 Å². The summed E-state index contributed by atoms with van der Waals surface area (Å²) < 4.78 is 10.6. The lowest BCUT2D eigenvalue weighted by molar-refractivity contribution is -0.161. The Morgan fingerprint density at radius 3 is 1.28 bits per heavy atom. The second-order valence-electron chi connectivity index (χ2n) is 14.1. The Bertz CT molecular complexity index is 842. The van der Waals surface area contributed by atoms with E-state index >= 15 is 0 Å². The lowest BCUT2D eigenvalue weighted by Gasteiger charge is -2.15. The molecular weight excluding hydrogens is 620 g/mol. The number of carbonyl (C=O) groups is 2. The Labute approximate surface area is 309 Å². The normalized spacial score (nSPS) is 12.6. The molecule has 5 heteroatoms. The topological polar surface area (TPSA) is 72.8 Å². The Balaban J connectivity index is 3.61. The van der Waals surface area contributed by atoms with Crippen molar-refractivity contribution in [2.45, 2.75) is 213 Å². The van der Waals surface area contributed by atoms with Crippen LogP contribution in [0.15, 0.2) is 48.6 Å². The molecule has 1 unspecified atom stereocenters. The number of carbonyl (C=O) groups excluding carboxylic acids is 2. The maximum absolute atomic E-state index is 12.2. The van der Waals surface area contributed by atoms with E-state index in [0.717, 1.165) is 38.5 Å². The Morgan fingerprint density at radius 2 is 0.820 bits per heavy atom. The molecule has 0 rings (SSSR count). The van der Waals surface area contributed by atoms with Gasteiger partial charge >= 0.3 is 11.9 Å². The highest BCUT2D eigenvalue weighted by molar-refractivity contribution is 5.70. The van der Waals surface area contributed by atoms with Crippen molar-refractivity contribution >= 4 is 11.9 Å². The van der Waals surface area contributed by atoms with Gasteiger partial charge in [-0.1, -0.05) is 172 Å². The largest absolute Gasteiger partial charge is 0.462 e. The maximum atomic E-state index is 12.2. The summed E-state index contributed by atoms with van der Waals surface area (Å²) in [5.74, 6) is -0.652. The molecule has 0 bridgehead atoms. The zero-order chi connectivity index (χ0) is 36.4. The molecule has 5 nitrogen and oxygen atoms in total. The lowest BCUT2D eigenvalue weighted by Crippen LogP contribution is -2.28. The van der Waals surface area contributed by atoms with Crippen molar-refractivity contribution in [3.8, 4) is 0 Å². The minimum atomic E-state index is -0.798. The lowest BCUT2D eigenvalue weighted by atomic mass is 10.1. The molecule has 0 fully saturated rings. The molecular formula is C45H80O5. The molecule has 1 N–H and O–H groups in total. The number of aliphatic hydroxyl groups is 1. The summed E-state index contributed by atoms with van der Waals surface area (Å²) in [5.41, 5.74) is 0. The van der Waals surface area contributed by atoms with Crippen LogP contribution in [0.4, 0.5) is 0 Å². The molecule has 0 amide bonds. The summed E-state index contributed by atoms with van der Waals surface area (Å²) in [5, 5.41) is 9.56. The number of rotatable bonds is 38. The van der Waals surface area contributed by atoms with Crippen molar-refractivity contribution in [2.75, 3.05) is 13.2 Å². The molecule has 1 atom stereocenters. The quantitative estimate of drug-likeness (QED) is 0.0394. The molecule has 0 aliphatic rings. The van der Waals surface area contributed by atoms with Gasteiger partial charge in [0.1, 0.15) is 6.61 Å². The first-order valence-electron chi connectivity index (χ1n) is 21.2. The molecule has 290 valence electrons. The van der Waals surface area contributed by atoms with E-state index < -0.39 is 6.10 Å². The third-order valence-electron chi connectivity index (χ3n) is 9.10. The highest BCUT2D eigenvalue weighted by Gasteiger charge is 2.16. The smallest absolute Gasteiger partial charge is 0.306 e. The second kappa shape index (κ2) is 41.3. The van der Waals surface area contributed by atoms with Crippen LogP contribution in [0.3, 0.4) is 0 Å². The molecule has 0 radical (unpaired) electrons. The van der Waals surface area contributed by atoms with Crippen LogP contribution in [0, 0.1) is 0 Å². The van der Waals surface area contributed by atoms with Crippen LogP contribution >= 0.6 is 0 Å². The highest BCUT2D eigenvalue weighted by Crippen LogP contribution is 2.13. The molecule has 0 saturated heterocycles. The van der Waals surface area contributed by atoms with Crippen molar-refractivity contribution in [3.63, 3.8) is 0 Å². The van der Waals surface area contributed by atoms with Gasteiger partial charge in [-0.3, -0.25) is 9.59 Å².